The summed E-state index contributed by atoms with van der Waals surface area (Å²) >= 11 is 11.5. The number of benzene rings is 2. The number of nitrogens with one attached hydrogen (secondary N) is 2. The molecule has 0 aromatic heterocycles. The first-order chi connectivity index (χ1) is 12.1. The Kier molecular flexibility index (Phi) is 6.29. The lowest BCUT2D eigenvalue weighted by Crippen LogP contribution is -2.45. The highest BCUT2D eigenvalue weighted by atomic mass is 35.5. The largest absolute Gasteiger partial charge is 0.360 e. The molecule has 1 heterocycles. The topological polar surface area (TPSA) is 27.3 Å². The zero-order valence-electron chi connectivity index (χ0n) is 14.5. The molecule has 1 aliphatic heterocycles. The van der Waals surface area contributed by atoms with Crippen molar-refractivity contribution in [2.24, 2.45) is 0 Å². The Hall–Kier alpha value is -1.62. The number of anilines is 1. The van der Waals surface area contributed by atoms with Crippen LogP contribution in [-0.2, 0) is 6.54 Å². The lowest BCUT2D eigenvalue weighted by atomic mass is 10.0. The highest BCUT2D eigenvalue weighted by Gasteiger charge is 2.19. The summed E-state index contributed by atoms with van der Waals surface area (Å²) in [4.78, 5) is 2.51. The molecular weight excluding hydrogens is 350 g/mol. The van der Waals surface area contributed by atoms with E-state index >= 15 is 0 Å². The third kappa shape index (κ3) is 5.43. The first-order valence-electron chi connectivity index (χ1n) is 8.70. The standard InChI is InChI=1S/C20H24ClN3S/c1-15-13-17(21)7-8-19(15)23-20(25)22-18-9-11-24(12-10-18)14-16-5-3-2-4-6-16/h2-8,13,18H,9-12,14H2,1H3,(H2,22,23,25). The monoisotopic (exact) mass is 373 g/mol. The number of aryl methyl sites for hydroxylation is 1. The molecule has 0 saturated carbocycles. The number of hydrogen-bond acceptors (Lipinski definition) is 2. The summed E-state index contributed by atoms with van der Waals surface area (Å²) in [6, 6.07) is 16.9. The van der Waals surface area contributed by atoms with E-state index in [2.05, 4.69) is 45.9 Å². The van der Waals surface area contributed by atoms with Gasteiger partial charge in [-0.2, -0.15) is 0 Å². The third-order valence-electron chi connectivity index (χ3n) is 4.61. The van der Waals surface area contributed by atoms with E-state index in [1.54, 1.807) is 0 Å². The van der Waals surface area contributed by atoms with E-state index in [-0.39, 0.29) is 0 Å². The van der Waals surface area contributed by atoms with Crippen molar-refractivity contribution < 1.29 is 0 Å². The number of rotatable bonds is 4. The second-order valence-corrected chi connectivity index (χ2v) is 7.44. The first kappa shape index (κ1) is 18.2. The zero-order chi connectivity index (χ0) is 17.6. The van der Waals surface area contributed by atoms with Crippen molar-refractivity contribution in [3.63, 3.8) is 0 Å². The van der Waals surface area contributed by atoms with Crippen LogP contribution in [0, 0.1) is 6.92 Å². The molecule has 0 atom stereocenters. The van der Waals surface area contributed by atoms with Gasteiger partial charge in [0.15, 0.2) is 5.11 Å². The summed E-state index contributed by atoms with van der Waals surface area (Å²) in [7, 11) is 0. The Morgan fingerprint density at radius 3 is 2.56 bits per heavy atom. The second kappa shape index (κ2) is 8.65. The fraction of sp³-hybridized carbons (Fsp3) is 0.350. The van der Waals surface area contributed by atoms with Gasteiger partial charge in [0.2, 0.25) is 0 Å². The Bertz CT molecular complexity index is 712. The zero-order valence-corrected chi connectivity index (χ0v) is 16.0. The Morgan fingerprint density at radius 1 is 1.16 bits per heavy atom. The molecule has 0 spiro atoms. The molecule has 25 heavy (non-hydrogen) atoms. The molecule has 0 aliphatic carbocycles. The van der Waals surface area contributed by atoms with Gasteiger partial charge in [-0.15, -0.1) is 0 Å². The van der Waals surface area contributed by atoms with Crippen LogP contribution >= 0.6 is 23.8 Å². The molecule has 0 bridgehead atoms. The lowest BCUT2D eigenvalue weighted by Gasteiger charge is -2.33. The van der Waals surface area contributed by atoms with E-state index in [4.69, 9.17) is 23.8 Å². The fourth-order valence-corrected chi connectivity index (χ4v) is 3.69. The SMILES string of the molecule is Cc1cc(Cl)ccc1NC(=S)NC1CCN(Cc2ccccc2)CC1. The smallest absolute Gasteiger partial charge is 0.171 e. The molecule has 3 rings (SSSR count). The third-order valence-corrected chi connectivity index (χ3v) is 5.06. The number of likely N-dealkylation sites (tertiary alicyclic amines) is 1. The summed E-state index contributed by atoms with van der Waals surface area (Å²) in [6.07, 6.45) is 2.21. The van der Waals surface area contributed by atoms with Crippen LogP contribution in [0.4, 0.5) is 5.69 Å². The van der Waals surface area contributed by atoms with Gasteiger partial charge in [0.05, 0.1) is 0 Å². The minimum absolute atomic E-state index is 0.430. The summed E-state index contributed by atoms with van der Waals surface area (Å²) in [5, 5.41) is 8.17. The van der Waals surface area contributed by atoms with Crippen LogP contribution in [0.3, 0.4) is 0 Å². The van der Waals surface area contributed by atoms with Crippen molar-refractivity contribution in [2.45, 2.75) is 32.4 Å². The van der Waals surface area contributed by atoms with Gasteiger partial charge < -0.3 is 10.6 Å². The van der Waals surface area contributed by atoms with Crippen molar-refractivity contribution in [3.05, 3.63) is 64.7 Å². The predicted octanol–water partition coefficient (Wildman–Crippen LogP) is 4.60. The van der Waals surface area contributed by atoms with E-state index < -0.39 is 0 Å². The van der Waals surface area contributed by atoms with Gasteiger partial charge in [0.25, 0.3) is 0 Å². The van der Waals surface area contributed by atoms with Gasteiger partial charge >= 0.3 is 0 Å². The second-order valence-electron chi connectivity index (χ2n) is 6.59. The van der Waals surface area contributed by atoms with E-state index in [0.717, 1.165) is 48.7 Å². The lowest BCUT2D eigenvalue weighted by molar-refractivity contribution is 0.199. The number of piperidine rings is 1. The summed E-state index contributed by atoms with van der Waals surface area (Å²) in [6.45, 7) is 5.24. The minimum Gasteiger partial charge on any atom is -0.360 e. The molecule has 2 aromatic rings. The summed E-state index contributed by atoms with van der Waals surface area (Å²) in [5.41, 5.74) is 3.47. The van der Waals surface area contributed by atoms with Gasteiger partial charge in [-0.3, -0.25) is 4.90 Å². The first-order valence-corrected chi connectivity index (χ1v) is 9.49. The van der Waals surface area contributed by atoms with Crippen LogP contribution in [-0.4, -0.2) is 29.1 Å². The van der Waals surface area contributed by atoms with E-state index in [0.29, 0.717) is 11.2 Å². The summed E-state index contributed by atoms with van der Waals surface area (Å²) in [5.74, 6) is 0. The van der Waals surface area contributed by atoms with Crippen molar-refractivity contribution >= 4 is 34.6 Å². The van der Waals surface area contributed by atoms with E-state index in [9.17, 15) is 0 Å². The number of hydrogen-bond donors (Lipinski definition) is 2. The van der Waals surface area contributed by atoms with Crippen molar-refractivity contribution in [1.29, 1.82) is 0 Å². The molecule has 1 saturated heterocycles. The van der Waals surface area contributed by atoms with Crippen LogP contribution in [0.2, 0.25) is 5.02 Å². The number of nitrogens with zero attached hydrogens (tertiary/aromatic N) is 1. The predicted molar refractivity (Wildman–Crippen MR) is 110 cm³/mol. The van der Waals surface area contributed by atoms with E-state index in [1.807, 2.05) is 25.1 Å². The highest BCUT2D eigenvalue weighted by Crippen LogP contribution is 2.20. The van der Waals surface area contributed by atoms with Gasteiger partial charge in [0, 0.05) is 36.4 Å². The molecule has 132 valence electrons. The number of thiocarbonyl (C=S) groups is 1. The van der Waals surface area contributed by atoms with Crippen molar-refractivity contribution in [1.82, 2.24) is 10.2 Å². The molecule has 0 amide bonds. The maximum atomic E-state index is 6.00. The molecule has 2 N–H and O–H groups in total. The fourth-order valence-electron chi connectivity index (χ4n) is 3.19. The Labute approximate surface area is 160 Å². The van der Waals surface area contributed by atoms with Gasteiger partial charge in [-0.05, 0) is 61.3 Å². The van der Waals surface area contributed by atoms with Crippen LogP contribution in [0.1, 0.15) is 24.0 Å². The van der Waals surface area contributed by atoms with Gasteiger partial charge in [0.1, 0.15) is 0 Å². The molecule has 5 heteroatoms. The quantitative estimate of drug-likeness (QED) is 0.766. The van der Waals surface area contributed by atoms with Gasteiger partial charge in [-0.25, -0.2) is 0 Å². The molecule has 3 nitrogen and oxygen atoms in total. The van der Waals surface area contributed by atoms with Gasteiger partial charge in [-0.1, -0.05) is 41.9 Å². The van der Waals surface area contributed by atoms with Crippen LogP contribution < -0.4 is 10.6 Å². The molecule has 1 fully saturated rings. The minimum atomic E-state index is 0.430. The molecule has 0 radical (unpaired) electrons. The highest BCUT2D eigenvalue weighted by molar-refractivity contribution is 7.80. The van der Waals surface area contributed by atoms with Crippen LogP contribution in [0.5, 0.6) is 0 Å². The molecular formula is C20H24ClN3S. The number of halogens is 1. The molecule has 0 unspecified atom stereocenters. The molecule has 2 aromatic carbocycles. The average molecular weight is 374 g/mol. The van der Waals surface area contributed by atoms with Crippen molar-refractivity contribution in [2.75, 3.05) is 18.4 Å². The Balaban J connectivity index is 1.44. The normalized spacial score (nSPS) is 15.8. The average Bonchev–Trinajstić information content (AvgIpc) is 2.60. The summed E-state index contributed by atoms with van der Waals surface area (Å²) < 4.78 is 0. The molecule has 1 aliphatic rings. The maximum absolute atomic E-state index is 6.00. The van der Waals surface area contributed by atoms with Crippen molar-refractivity contribution in [3.8, 4) is 0 Å². The van der Waals surface area contributed by atoms with Crippen LogP contribution in [0.25, 0.3) is 0 Å². The maximum Gasteiger partial charge on any atom is 0.171 e. The Morgan fingerprint density at radius 2 is 1.88 bits per heavy atom. The van der Waals surface area contributed by atoms with Crippen LogP contribution in [0.15, 0.2) is 48.5 Å². The van der Waals surface area contributed by atoms with E-state index in [1.165, 1.54) is 5.56 Å².